The summed E-state index contributed by atoms with van der Waals surface area (Å²) < 4.78 is 24.7. The van der Waals surface area contributed by atoms with Crippen LogP contribution in [0.4, 0.5) is 0 Å². The second-order valence-electron chi connectivity index (χ2n) is 8.06. The predicted molar refractivity (Wildman–Crippen MR) is 124 cm³/mol. The van der Waals surface area contributed by atoms with Crippen LogP contribution in [0.5, 0.6) is 0 Å². The molecular weight excluding hydrogens is 402 g/mol. The summed E-state index contributed by atoms with van der Waals surface area (Å²) in [4.78, 5) is 0. The molecule has 3 aromatic rings. The molecule has 0 saturated carbocycles. The van der Waals surface area contributed by atoms with Crippen molar-refractivity contribution in [3.8, 4) is 0 Å². The zero-order chi connectivity index (χ0) is 22.0. The maximum atomic E-state index is 6.41. The van der Waals surface area contributed by atoms with Crippen molar-refractivity contribution in [1.82, 2.24) is 0 Å². The Morgan fingerprint density at radius 1 is 0.656 bits per heavy atom. The quantitative estimate of drug-likeness (QED) is 0.522. The number of nitrogens with two attached hydrogens (primary N) is 1. The van der Waals surface area contributed by atoms with Gasteiger partial charge in [0.1, 0.15) is 18.3 Å². The Bertz CT molecular complexity index is 907. The van der Waals surface area contributed by atoms with Gasteiger partial charge in [-0.1, -0.05) is 91.0 Å². The molecule has 0 unspecified atom stereocenters. The summed E-state index contributed by atoms with van der Waals surface area (Å²) in [5.41, 5.74) is 9.73. The average Bonchev–Trinajstić information content (AvgIpc) is 2.85. The van der Waals surface area contributed by atoms with E-state index in [0.717, 1.165) is 16.7 Å². The molecule has 0 spiro atoms. The minimum Gasteiger partial charge on any atom is -0.374 e. The summed E-state index contributed by atoms with van der Waals surface area (Å²) in [7, 11) is 0. The first-order chi connectivity index (χ1) is 15.8. The monoisotopic (exact) mass is 433 g/mol. The molecule has 3 aromatic carbocycles. The van der Waals surface area contributed by atoms with Crippen LogP contribution in [0.1, 0.15) is 16.7 Å². The molecule has 0 aromatic heterocycles. The number of ether oxygens (including phenoxy) is 4. The molecule has 32 heavy (non-hydrogen) atoms. The van der Waals surface area contributed by atoms with Gasteiger partial charge in [0, 0.05) is 0 Å². The second kappa shape index (κ2) is 11.9. The van der Waals surface area contributed by atoms with Crippen LogP contribution in [-0.4, -0.2) is 37.6 Å². The Morgan fingerprint density at radius 3 is 1.66 bits per heavy atom. The fourth-order valence-corrected chi connectivity index (χ4v) is 3.84. The molecule has 1 aliphatic heterocycles. The van der Waals surface area contributed by atoms with Crippen molar-refractivity contribution < 1.29 is 18.9 Å². The van der Waals surface area contributed by atoms with E-state index in [1.54, 1.807) is 0 Å². The van der Waals surface area contributed by atoms with Crippen molar-refractivity contribution in [2.45, 2.75) is 44.2 Å². The molecule has 168 valence electrons. The standard InChI is InChI=1S/C27H31NO4/c28-24-19-30-25(20-29-16-21-10-4-1-5-11-21)27(32-18-23-14-8-3-9-15-23)26(24)31-17-22-12-6-2-7-13-22/h1-15,24-27H,16-20,28H2/t24-,25-,26-,27-/m1/s1. The van der Waals surface area contributed by atoms with Crippen molar-refractivity contribution >= 4 is 0 Å². The van der Waals surface area contributed by atoms with E-state index in [1.807, 2.05) is 91.0 Å². The smallest absolute Gasteiger partial charge is 0.114 e. The highest BCUT2D eigenvalue weighted by Gasteiger charge is 2.41. The van der Waals surface area contributed by atoms with Crippen molar-refractivity contribution in [1.29, 1.82) is 0 Å². The van der Waals surface area contributed by atoms with Crippen LogP contribution in [0.25, 0.3) is 0 Å². The molecule has 1 saturated heterocycles. The van der Waals surface area contributed by atoms with Crippen molar-refractivity contribution in [2.24, 2.45) is 5.73 Å². The molecule has 1 aliphatic rings. The molecule has 5 heteroatoms. The highest BCUT2D eigenvalue weighted by Crippen LogP contribution is 2.24. The fourth-order valence-electron chi connectivity index (χ4n) is 3.84. The second-order valence-corrected chi connectivity index (χ2v) is 8.06. The average molecular weight is 434 g/mol. The number of hydrogen-bond acceptors (Lipinski definition) is 5. The van der Waals surface area contributed by atoms with Crippen LogP contribution in [0.15, 0.2) is 91.0 Å². The first kappa shape index (κ1) is 22.6. The van der Waals surface area contributed by atoms with Crippen molar-refractivity contribution in [3.05, 3.63) is 108 Å². The summed E-state index contributed by atoms with van der Waals surface area (Å²) >= 11 is 0. The van der Waals surface area contributed by atoms with Gasteiger partial charge in [-0.05, 0) is 16.7 Å². The Hall–Kier alpha value is -2.54. The van der Waals surface area contributed by atoms with Gasteiger partial charge in [-0.15, -0.1) is 0 Å². The fraction of sp³-hybridized carbons (Fsp3) is 0.333. The van der Waals surface area contributed by atoms with Gasteiger partial charge in [0.15, 0.2) is 0 Å². The SMILES string of the molecule is N[C@@H]1CO[C@H](COCc2ccccc2)[C@@H](OCc2ccccc2)[C@@H]1OCc1ccccc1. The molecule has 0 aliphatic carbocycles. The molecule has 0 amide bonds. The lowest BCUT2D eigenvalue weighted by atomic mass is 9.98. The summed E-state index contributed by atoms with van der Waals surface area (Å²) in [6.45, 7) is 2.27. The lowest BCUT2D eigenvalue weighted by Gasteiger charge is -2.41. The van der Waals surface area contributed by atoms with Gasteiger partial charge in [0.25, 0.3) is 0 Å². The predicted octanol–water partition coefficient (Wildman–Crippen LogP) is 4.10. The van der Waals surface area contributed by atoms with Crippen LogP contribution in [0.3, 0.4) is 0 Å². The van der Waals surface area contributed by atoms with Crippen LogP contribution < -0.4 is 5.73 Å². The van der Waals surface area contributed by atoms with E-state index in [0.29, 0.717) is 33.0 Å². The molecule has 0 bridgehead atoms. The third-order valence-electron chi connectivity index (χ3n) is 5.58. The van der Waals surface area contributed by atoms with Gasteiger partial charge in [-0.25, -0.2) is 0 Å². The van der Waals surface area contributed by atoms with E-state index in [1.165, 1.54) is 0 Å². The lowest BCUT2D eigenvalue weighted by molar-refractivity contribution is -0.204. The molecule has 2 N–H and O–H groups in total. The van der Waals surface area contributed by atoms with Crippen molar-refractivity contribution in [2.75, 3.05) is 13.2 Å². The van der Waals surface area contributed by atoms with Gasteiger partial charge in [0.2, 0.25) is 0 Å². The Kier molecular flexibility index (Phi) is 8.42. The molecule has 4 rings (SSSR count). The Labute approximate surface area is 190 Å². The summed E-state index contributed by atoms with van der Waals surface area (Å²) in [6, 6.07) is 30.0. The van der Waals surface area contributed by atoms with Gasteiger partial charge in [-0.3, -0.25) is 0 Å². The van der Waals surface area contributed by atoms with E-state index < -0.39 is 0 Å². The first-order valence-corrected chi connectivity index (χ1v) is 11.1. The summed E-state index contributed by atoms with van der Waals surface area (Å²) in [5, 5.41) is 0. The molecule has 1 fully saturated rings. The van der Waals surface area contributed by atoms with E-state index in [2.05, 4.69) is 0 Å². The minimum atomic E-state index is -0.335. The normalized spacial score (nSPS) is 23.2. The molecule has 0 radical (unpaired) electrons. The van der Waals surface area contributed by atoms with E-state index in [9.17, 15) is 0 Å². The van der Waals surface area contributed by atoms with Crippen LogP contribution in [0, 0.1) is 0 Å². The molecule has 4 atom stereocenters. The van der Waals surface area contributed by atoms with E-state index >= 15 is 0 Å². The van der Waals surface area contributed by atoms with Crippen molar-refractivity contribution in [3.63, 3.8) is 0 Å². The zero-order valence-electron chi connectivity index (χ0n) is 18.2. The van der Waals surface area contributed by atoms with Crippen LogP contribution >= 0.6 is 0 Å². The minimum absolute atomic E-state index is 0.261. The Balaban J connectivity index is 1.42. The number of rotatable bonds is 10. The molecule has 5 nitrogen and oxygen atoms in total. The van der Waals surface area contributed by atoms with Gasteiger partial charge < -0.3 is 24.7 Å². The van der Waals surface area contributed by atoms with E-state index in [-0.39, 0.29) is 24.4 Å². The molecular formula is C27H31NO4. The maximum Gasteiger partial charge on any atom is 0.114 e. The molecule has 1 heterocycles. The van der Waals surface area contributed by atoms with Crippen LogP contribution in [0.2, 0.25) is 0 Å². The Morgan fingerprint density at radius 2 is 1.12 bits per heavy atom. The summed E-state index contributed by atoms with van der Waals surface area (Å²) in [6.07, 6.45) is -0.889. The lowest BCUT2D eigenvalue weighted by Crippen LogP contribution is -2.59. The highest BCUT2D eigenvalue weighted by molar-refractivity contribution is 5.15. The largest absolute Gasteiger partial charge is 0.374 e. The van der Waals surface area contributed by atoms with Crippen LogP contribution in [-0.2, 0) is 38.8 Å². The highest BCUT2D eigenvalue weighted by atomic mass is 16.6. The zero-order valence-corrected chi connectivity index (χ0v) is 18.2. The topological polar surface area (TPSA) is 62.9 Å². The van der Waals surface area contributed by atoms with E-state index in [4.69, 9.17) is 24.7 Å². The van der Waals surface area contributed by atoms with Gasteiger partial charge in [-0.2, -0.15) is 0 Å². The first-order valence-electron chi connectivity index (χ1n) is 11.1. The maximum absolute atomic E-state index is 6.41. The number of hydrogen-bond donors (Lipinski definition) is 1. The van der Waals surface area contributed by atoms with Gasteiger partial charge in [0.05, 0.1) is 39.1 Å². The third kappa shape index (κ3) is 6.48. The van der Waals surface area contributed by atoms with Gasteiger partial charge >= 0.3 is 0 Å². The number of benzene rings is 3. The third-order valence-corrected chi connectivity index (χ3v) is 5.58. The summed E-state index contributed by atoms with van der Waals surface area (Å²) in [5.74, 6) is 0.